The highest BCUT2D eigenvalue weighted by Gasteiger charge is 2.56. The van der Waals surface area contributed by atoms with Crippen LogP contribution in [0.5, 0.6) is 0 Å². The average molecular weight is 341 g/mol. The number of amides is 3. The van der Waals surface area contributed by atoms with Crippen LogP contribution in [0.15, 0.2) is 28.8 Å². The highest BCUT2D eigenvalue weighted by atomic mass is 16.5. The van der Waals surface area contributed by atoms with Crippen LogP contribution in [0, 0.1) is 5.92 Å². The maximum absolute atomic E-state index is 12.6. The monoisotopic (exact) mass is 341 g/mol. The summed E-state index contributed by atoms with van der Waals surface area (Å²) in [5, 5.41) is 6.73. The van der Waals surface area contributed by atoms with Crippen LogP contribution < -0.4 is 11.1 Å². The molecule has 1 aliphatic carbocycles. The van der Waals surface area contributed by atoms with Gasteiger partial charge in [0.15, 0.2) is 0 Å². The quantitative estimate of drug-likeness (QED) is 0.795. The largest absolute Gasteiger partial charge is 0.337 e. The van der Waals surface area contributed by atoms with E-state index < -0.39 is 11.6 Å². The van der Waals surface area contributed by atoms with Gasteiger partial charge in [0.05, 0.1) is 0 Å². The average Bonchev–Trinajstić information content (AvgIpc) is 3.34. The predicted octanol–water partition coefficient (Wildman–Crippen LogP) is 1.42. The number of nitrogens with zero attached hydrogens (tertiary/aromatic N) is 3. The van der Waals surface area contributed by atoms with E-state index in [1.807, 2.05) is 24.3 Å². The maximum atomic E-state index is 12.6. The highest BCUT2D eigenvalue weighted by molar-refractivity contribution is 6.07. The Balaban J connectivity index is 1.51. The number of nitrogens with one attached hydrogen (secondary N) is 1. The molecule has 1 aromatic heterocycles. The lowest BCUT2D eigenvalue weighted by atomic mass is 9.96. The van der Waals surface area contributed by atoms with Crippen molar-refractivity contribution in [1.82, 2.24) is 20.4 Å². The first-order valence-corrected chi connectivity index (χ1v) is 8.27. The molecule has 130 valence electrons. The lowest BCUT2D eigenvalue weighted by molar-refractivity contribution is -0.132. The first-order chi connectivity index (χ1) is 12.0. The summed E-state index contributed by atoms with van der Waals surface area (Å²) in [6, 6.07) is 7.09. The van der Waals surface area contributed by atoms with Crippen LogP contribution in [-0.2, 0) is 17.9 Å². The molecule has 2 heterocycles. The Hall–Kier alpha value is -2.74. The van der Waals surface area contributed by atoms with Gasteiger partial charge in [0.2, 0.25) is 11.7 Å². The number of benzene rings is 1. The van der Waals surface area contributed by atoms with Gasteiger partial charge in [-0.25, -0.2) is 4.79 Å². The zero-order valence-corrected chi connectivity index (χ0v) is 13.9. The first kappa shape index (κ1) is 15.8. The minimum Gasteiger partial charge on any atom is -0.337 e. The minimum atomic E-state index is -0.808. The van der Waals surface area contributed by atoms with Crippen molar-refractivity contribution in [2.45, 2.75) is 38.4 Å². The summed E-state index contributed by atoms with van der Waals surface area (Å²) < 4.78 is 5.22. The Morgan fingerprint density at radius 3 is 2.68 bits per heavy atom. The molecule has 1 saturated carbocycles. The molecular weight excluding hydrogens is 322 g/mol. The fourth-order valence-corrected chi connectivity index (χ4v) is 3.16. The normalized spacial score (nSPS) is 23.2. The Labute approximate surface area is 144 Å². The van der Waals surface area contributed by atoms with Crippen molar-refractivity contribution >= 4 is 11.9 Å². The topological polar surface area (TPSA) is 114 Å². The van der Waals surface area contributed by atoms with Crippen LogP contribution in [0.2, 0.25) is 0 Å². The van der Waals surface area contributed by atoms with E-state index in [9.17, 15) is 9.59 Å². The van der Waals surface area contributed by atoms with Crippen molar-refractivity contribution in [3.63, 3.8) is 0 Å². The molecule has 0 bridgehead atoms. The molecule has 1 atom stereocenters. The van der Waals surface area contributed by atoms with E-state index in [4.69, 9.17) is 10.3 Å². The number of urea groups is 1. The summed E-state index contributed by atoms with van der Waals surface area (Å²) in [5.74, 6) is 0.623. The zero-order chi connectivity index (χ0) is 17.6. The van der Waals surface area contributed by atoms with Crippen LogP contribution in [0.1, 0.15) is 31.2 Å². The van der Waals surface area contributed by atoms with E-state index in [0.29, 0.717) is 12.4 Å². The van der Waals surface area contributed by atoms with Crippen molar-refractivity contribution in [2.24, 2.45) is 11.7 Å². The summed E-state index contributed by atoms with van der Waals surface area (Å²) in [7, 11) is 0. The van der Waals surface area contributed by atoms with Gasteiger partial charge in [0.25, 0.3) is 5.91 Å². The van der Waals surface area contributed by atoms with Crippen LogP contribution in [0.4, 0.5) is 4.79 Å². The number of imide groups is 1. The first-order valence-electron chi connectivity index (χ1n) is 8.27. The number of carbonyl (C=O) groups excluding carboxylic acids is 2. The number of nitrogens with two attached hydrogens (primary N) is 1. The second kappa shape index (κ2) is 5.66. The van der Waals surface area contributed by atoms with Gasteiger partial charge in [-0.15, -0.1) is 0 Å². The summed E-state index contributed by atoms with van der Waals surface area (Å²) in [6.45, 7) is 2.22. The van der Waals surface area contributed by atoms with Crippen LogP contribution in [0.3, 0.4) is 0 Å². The molecule has 25 heavy (non-hydrogen) atoms. The lowest BCUT2D eigenvalue weighted by Gasteiger charge is -2.20. The summed E-state index contributed by atoms with van der Waals surface area (Å²) in [6.07, 6.45) is 1.92. The Kier molecular flexibility index (Phi) is 3.57. The molecule has 4 rings (SSSR count). The van der Waals surface area contributed by atoms with Crippen LogP contribution in [-0.4, -0.2) is 32.5 Å². The van der Waals surface area contributed by atoms with Gasteiger partial charge < -0.3 is 15.6 Å². The molecule has 1 aromatic carbocycles. The lowest BCUT2D eigenvalue weighted by Crippen LogP contribution is -2.46. The molecular formula is C17H19N5O3. The van der Waals surface area contributed by atoms with Crippen molar-refractivity contribution in [3.05, 3.63) is 35.7 Å². The molecule has 1 aliphatic heterocycles. The number of aromatic nitrogens is 2. The molecule has 0 radical (unpaired) electrons. The van der Waals surface area contributed by atoms with Gasteiger partial charge in [0.1, 0.15) is 12.1 Å². The van der Waals surface area contributed by atoms with Gasteiger partial charge in [-0.3, -0.25) is 9.69 Å². The summed E-state index contributed by atoms with van der Waals surface area (Å²) in [5.41, 5.74) is 6.57. The van der Waals surface area contributed by atoms with E-state index in [0.717, 1.165) is 28.9 Å². The van der Waals surface area contributed by atoms with Crippen molar-refractivity contribution in [1.29, 1.82) is 0 Å². The molecule has 2 fully saturated rings. The smallest absolute Gasteiger partial charge is 0.325 e. The van der Waals surface area contributed by atoms with E-state index in [1.54, 1.807) is 6.92 Å². The molecule has 3 amide bonds. The Morgan fingerprint density at radius 2 is 2.04 bits per heavy atom. The molecule has 0 spiro atoms. The standard InChI is InChI=1S/C17H19N5O3/c1-17(12-6-7-12)15(23)22(16(24)20-17)9-13-19-14(21-25-13)11-4-2-10(8-18)3-5-11/h2-5,12H,6-9,18H2,1H3,(H,20,24). The molecule has 3 N–H and O–H groups in total. The summed E-state index contributed by atoms with van der Waals surface area (Å²) in [4.78, 5) is 30.2. The number of carbonyl (C=O) groups is 2. The summed E-state index contributed by atoms with van der Waals surface area (Å²) >= 11 is 0. The van der Waals surface area contributed by atoms with E-state index in [2.05, 4.69) is 15.5 Å². The molecule has 8 nitrogen and oxygen atoms in total. The second-order valence-corrected chi connectivity index (χ2v) is 6.71. The van der Waals surface area contributed by atoms with Gasteiger partial charge in [-0.1, -0.05) is 29.4 Å². The third-order valence-electron chi connectivity index (χ3n) is 4.90. The van der Waals surface area contributed by atoms with Crippen molar-refractivity contribution < 1.29 is 14.1 Å². The molecule has 2 aromatic rings. The fraction of sp³-hybridized carbons (Fsp3) is 0.412. The van der Waals surface area contributed by atoms with Gasteiger partial charge in [-0.05, 0) is 31.2 Å². The Morgan fingerprint density at radius 1 is 1.32 bits per heavy atom. The van der Waals surface area contributed by atoms with Gasteiger partial charge in [-0.2, -0.15) is 4.98 Å². The van der Waals surface area contributed by atoms with E-state index >= 15 is 0 Å². The number of rotatable bonds is 5. The number of hydrogen-bond acceptors (Lipinski definition) is 6. The third-order valence-corrected chi connectivity index (χ3v) is 4.90. The number of hydrogen-bond donors (Lipinski definition) is 2. The molecule has 8 heteroatoms. The molecule has 1 unspecified atom stereocenters. The Bertz CT molecular complexity index is 827. The molecule has 2 aliphatic rings. The highest BCUT2D eigenvalue weighted by Crippen LogP contribution is 2.42. The van der Waals surface area contributed by atoms with Crippen molar-refractivity contribution in [3.8, 4) is 11.4 Å². The fourth-order valence-electron chi connectivity index (χ4n) is 3.16. The minimum absolute atomic E-state index is 0.0269. The maximum Gasteiger partial charge on any atom is 0.325 e. The van der Waals surface area contributed by atoms with E-state index in [-0.39, 0.29) is 24.3 Å². The zero-order valence-electron chi connectivity index (χ0n) is 13.9. The van der Waals surface area contributed by atoms with Crippen molar-refractivity contribution in [2.75, 3.05) is 0 Å². The second-order valence-electron chi connectivity index (χ2n) is 6.71. The van der Waals surface area contributed by atoms with E-state index in [1.165, 1.54) is 0 Å². The van der Waals surface area contributed by atoms with Gasteiger partial charge in [0, 0.05) is 12.1 Å². The third kappa shape index (κ3) is 2.68. The van der Waals surface area contributed by atoms with Crippen LogP contribution in [0.25, 0.3) is 11.4 Å². The van der Waals surface area contributed by atoms with Gasteiger partial charge >= 0.3 is 6.03 Å². The molecule has 1 saturated heterocycles. The predicted molar refractivity (Wildman–Crippen MR) is 87.8 cm³/mol. The SMILES string of the molecule is CC1(C2CC2)NC(=O)N(Cc2nc(-c3ccc(CN)cc3)no2)C1=O. The van der Waals surface area contributed by atoms with Crippen LogP contribution >= 0.6 is 0 Å².